The van der Waals surface area contributed by atoms with Crippen LogP contribution in [0.1, 0.15) is 42.5 Å². The van der Waals surface area contributed by atoms with E-state index in [-0.39, 0.29) is 17.3 Å². The summed E-state index contributed by atoms with van der Waals surface area (Å²) in [6, 6.07) is 16.4. The lowest BCUT2D eigenvalue weighted by Crippen LogP contribution is -2.29. The topological polar surface area (TPSA) is 76.1 Å². The van der Waals surface area contributed by atoms with Crippen molar-refractivity contribution >= 4 is 23.1 Å². The minimum Gasteiger partial charge on any atom is -0.507 e. The van der Waals surface area contributed by atoms with Gasteiger partial charge in [0, 0.05) is 11.3 Å². The van der Waals surface area contributed by atoms with Gasteiger partial charge in [-0.05, 0) is 71.6 Å². The van der Waals surface area contributed by atoms with Crippen molar-refractivity contribution in [1.29, 1.82) is 0 Å². The number of hydrogen-bond acceptors (Lipinski definition) is 5. The van der Waals surface area contributed by atoms with E-state index in [1.807, 2.05) is 13.8 Å². The van der Waals surface area contributed by atoms with Gasteiger partial charge in [0.2, 0.25) is 0 Å². The van der Waals surface area contributed by atoms with Crippen molar-refractivity contribution in [1.82, 2.24) is 0 Å². The second-order valence-electron chi connectivity index (χ2n) is 8.53. The quantitative estimate of drug-likeness (QED) is 0.286. The largest absolute Gasteiger partial charge is 0.507 e. The SMILES string of the molecule is COc1ccc(C2/C(=C(/O)c3ccc(OC)c(C(C)C)c3)C(=O)C(=O)N2c2ccc(F)cc2)cc1. The van der Waals surface area contributed by atoms with Gasteiger partial charge in [-0.3, -0.25) is 14.5 Å². The Hall–Kier alpha value is -4.13. The monoisotopic (exact) mass is 475 g/mol. The molecule has 6 nitrogen and oxygen atoms in total. The molecule has 1 N–H and O–H groups in total. The summed E-state index contributed by atoms with van der Waals surface area (Å²) >= 11 is 0. The highest BCUT2D eigenvalue weighted by Crippen LogP contribution is 2.43. The molecule has 1 aliphatic rings. The molecule has 35 heavy (non-hydrogen) atoms. The van der Waals surface area contributed by atoms with Gasteiger partial charge in [0.15, 0.2) is 0 Å². The van der Waals surface area contributed by atoms with Crippen molar-refractivity contribution in [2.24, 2.45) is 0 Å². The molecule has 1 fully saturated rings. The molecule has 3 aromatic carbocycles. The number of aliphatic hydroxyl groups is 1. The Bertz CT molecular complexity index is 1300. The zero-order valence-electron chi connectivity index (χ0n) is 19.9. The summed E-state index contributed by atoms with van der Waals surface area (Å²) in [6.07, 6.45) is 0. The molecular formula is C28H26FNO5. The van der Waals surface area contributed by atoms with Crippen LogP contribution in [0.5, 0.6) is 11.5 Å². The fourth-order valence-electron chi connectivity index (χ4n) is 4.29. The van der Waals surface area contributed by atoms with Gasteiger partial charge in [0.1, 0.15) is 23.1 Å². The summed E-state index contributed by atoms with van der Waals surface area (Å²) in [4.78, 5) is 27.8. The average molecular weight is 476 g/mol. The van der Waals surface area contributed by atoms with E-state index in [2.05, 4.69) is 0 Å². The van der Waals surface area contributed by atoms with Crippen LogP contribution in [-0.2, 0) is 9.59 Å². The molecule has 7 heteroatoms. The molecule has 1 aliphatic heterocycles. The predicted octanol–water partition coefficient (Wildman–Crippen LogP) is 5.59. The summed E-state index contributed by atoms with van der Waals surface area (Å²) < 4.78 is 24.3. The summed E-state index contributed by atoms with van der Waals surface area (Å²) in [6.45, 7) is 3.99. The number of ether oxygens (including phenoxy) is 2. The van der Waals surface area contributed by atoms with E-state index < -0.39 is 23.5 Å². The smallest absolute Gasteiger partial charge is 0.300 e. The number of aliphatic hydroxyl groups excluding tert-OH is 1. The standard InChI is InChI=1S/C28H26FNO5/c1-16(2)22-15-18(7-14-23(22)35-4)26(31)24-25(17-5-12-21(34-3)13-6-17)30(28(33)27(24)32)20-10-8-19(29)9-11-20/h5-16,25,31H,1-4H3/b26-24-. The number of hydrogen-bond donors (Lipinski definition) is 1. The number of amides is 1. The van der Waals surface area contributed by atoms with Crippen molar-refractivity contribution in [3.63, 3.8) is 0 Å². The fraction of sp³-hybridized carbons (Fsp3) is 0.214. The third-order valence-corrected chi connectivity index (χ3v) is 6.11. The maximum absolute atomic E-state index is 13.6. The highest BCUT2D eigenvalue weighted by molar-refractivity contribution is 6.51. The minimum absolute atomic E-state index is 0.0515. The first-order chi connectivity index (χ1) is 16.8. The van der Waals surface area contributed by atoms with E-state index in [9.17, 15) is 19.1 Å². The van der Waals surface area contributed by atoms with E-state index in [0.29, 0.717) is 28.3 Å². The highest BCUT2D eigenvalue weighted by atomic mass is 19.1. The Morgan fingerprint density at radius 3 is 2.17 bits per heavy atom. The van der Waals surface area contributed by atoms with E-state index in [4.69, 9.17) is 9.47 Å². The Kier molecular flexibility index (Phi) is 6.60. The van der Waals surface area contributed by atoms with Crippen molar-refractivity contribution in [3.8, 4) is 11.5 Å². The molecule has 0 spiro atoms. The minimum atomic E-state index is -0.920. The molecule has 0 aromatic heterocycles. The molecule has 1 heterocycles. The molecule has 180 valence electrons. The first-order valence-electron chi connectivity index (χ1n) is 11.2. The predicted molar refractivity (Wildman–Crippen MR) is 131 cm³/mol. The van der Waals surface area contributed by atoms with Crippen LogP contribution in [-0.4, -0.2) is 31.0 Å². The Balaban J connectivity index is 1.93. The van der Waals surface area contributed by atoms with Gasteiger partial charge in [-0.15, -0.1) is 0 Å². The zero-order valence-corrected chi connectivity index (χ0v) is 19.9. The van der Waals surface area contributed by atoms with Crippen LogP contribution in [0, 0.1) is 5.82 Å². The Morgan fingerprint density at radius 1 is 0.943 bits per heavy atom. The van der Waals surface area contributed by atoms with Crippen LogP contribution in [0.4, 0.5) is 10.1 Å². The number of anilines is 1. The van der Waals surface area contributed by atoms with Gasteiger partial charge < -0.3 is 14.6 Å². The Labute approximate surface area is 203 Å². The normalized spacial score (nSPS) is 17.2. The van der Waals surface area contributed by atoms with Gasteiger partial charge in [-0.25, -0.2) is 4.39 Å². The molecule has 4 rings (SSSR count). The molecular weight excluding hydrogens is 449 g/mol. The third-order valence-electron chi connectivity index (χ3n) is 6.11. The number of Topliss-reactive ketones (excluding diaryl/α,β-unsaturated/α-hetero) is 1. The summed E-state index contributed by atoms with van der Waals surface area (Å²) in [5.74, 6) is -1.04. The van der Waals surface area contributed by atoms with Crippen molar-refractivity contribution in [3.05, 3.63) is 94.8 Å². The molecule has 0 radical (unpaired) electrons. The number of rotatable bonds is 6. The number of methoxy groups -OCH3 is 2. The van der Waals surface area contributed by atoms with Crippen LogP contribution in [0.15, 0.2) is 72.3 Å². The number of benzene rings is 3. The molecule has 0 aliphatic carbocycles. The molecule has 3 aromatic rings. The molecule has 1 atom stereocenters. The van der Waals surface area contributed by atoms with E-state index in [1.54, 1.807) is 49.6 Å². The third kappa shape index (κ3) is 4.37. The second-order valence-corrected chi connectivity index (χ2v) is 8.53. The van der Waals surface area contributed by atoms with Crippen LogP contribution in [0.25, 0.3) is 5.76 Å². The number of nitrogens with zero attached hydrogens (tertiary/aromatic N) is 1. The van der Waals surface area contributed by atoms with E-state index in [0.717, 1.165) is 5.56 Å². The van der Waals surface area contributed by atoms with Crippen molar-refractivity contribution < 1.29 is 28.6 Å². The van der Waals surface area contributed by atoms with E-state index in [1.165, 1.54) is 36.3 Å². The zero-order chi connectivity index (χ0) is 25.3. The number of ketones is 1. The van der Waals surface area contributed by atoms with Crippen molar-refractivity contribution in [2.75, 3.05) is 19.1 Å². The second kappa shape index (κ2) is 9.62. The van der Waals surface area contributed by atoms with Gasteiger partial charge in [-0.2, -0.15) is 0 Å². The van der Waals surface area contributed by atoms with Gasteiger partial charge >= 0.3 is 0 Å². The Morgan fingerprint density at radius 2 is 1.60 bits per heavy atom. The lowest BCUT2D eigenvalue weighted by atomic mass is 9.93. The first-order valence-corrected chi connectivity index (χ1v) is 11.2. The maximum atomic E-state index is 13.6. The number of carbonyl (C=O) groups is 2. The van der Waals surface area contributed by atoms with E-state index >= 15 is 0 Å². The van der Waals surface area contributed by atoms with Crippen molar-refractivity contribution in [2.45, 2.75) is 25.8 Å². The summed E-state index contributed by atoms with van der Waals surface area (Å²) in [5.41, 5.74) is 2.12. The number of carbonyl (C=O) groups excluding carboxylic acids is 2. The van der Waals surface area contributed by atoms with Gasteiger partial charge in [-0.1, -0.05) is 26.0 Å². The van der Waals surface area contributed by atoms with Gasteiger partial charge in [0.05, 0.1) is 25.8 Å². The molecule has 0 bridgehead atoms. The molecule has 1 unspecified atom stereocenters. The summed E-state index contributed by atoms with van der Waals surface area (Å²) in [7, 11) is 3.11. The van der Waals surface area contributed by atoms with Crippen LogP contribution in [0.2, 0.25) is 0 Å². The van der Waals surface area contributed by atoms with Crippen LogP contribution < -0.4 is 14.4 Å². The van der Waals surface area contributed by atoms with Crippen LogP contribution in [0.3, 0.4) is 0 Å². The highest BCUT2D eigenvalue weighted by Gasteiger charge is 2.47. The lowest BCUT2D eigenvalue weighted by molar-refractivity contribution is -0.132. The fourth-order valence-corrected chi connectivity index (χ4v) is 4.29. The molecule has 1 amide bonds. The average Bonchev–Trinajstić information content (AvgIpc) is 3.14. The number of halogens is 1. The summed E-state index contributed by atoms with van der Waals surface area (Å²) in [5, 5.41) is 11.4. The van der Waals surface area contributed by atoms with Crippen LogP contribution >= 0.6 is 0 Å². The molecule has 0 saturated carbocycles. The lowest BCUT2D eigenvalue weighted by Gasteiger charge is -2.25. The first kappa shape index (κ1) is 24.0. The molecule has 1 saturated heterocycles. The van der Waals surface area contributed by atoms with Gasteiger partial charge in [0.25, 0.3) is 11.7 Å². The maximum Gasteiger partial charge on any atom is 0.300 e.